The van der Waals surface area contributed by atoms with E-state index in [1.54, 1.807) is 34.0 Å². The summed E-state index contributed by atoms with van der Waals surface area (Å²) in [5, 5.41) is 8.04. The van der Waals surface area contributed by atoms with Crippen LogP contribution in [0.1, 0.15) is 34.9 Å². The number of amides is 1. The Morgan fingerprint density at radius 2 is 2.20 bits per heavy atom. The van der Waals surface area contributed by atoms with Crippen LogP contribution in [0, 0.1) is 5.82 Å². The van der Waals surface area contributed by atoms with Crippen molar-refractivity contribution in [3.05, 3.63) is 59.8 Å². The molecule has 0 radical (unpaired) electrons. The highest BCUT2D eigenvalue weighted by Gasteiger charge is 2.33. The molecule has 2 aromatic heterocycles. The molecule has 1 amide bonds. The molecular weight excluding hydrogens is 323 g/mol. The first-order valence-corrected chi connectivity index (χ1v) is 8.14. The zero-order chi connectivity index (χ0) is 17.4. The number of aromatic nitrogens is 3. The molecule has 4 rings (SSSR count). The molecule has 1 unspecified atom stereocenters. The third-order valence-corrected chi connectivity index (χ3v) is 4.49. The van der Waals surface area contributed by atoms with Crippen molar-refractivity contribution in [1.82, 2.24) is 19.8 Å². The average molecular weight is 340 g/mol. The first-order chi connectivity index (χ1) is 12.1. The normalized spacial score (nSPS) is 17.2. The molecule has 6 nitrogen and oxygen atoms in total. The second kappa shape index (κ2) is 6.16. The summed E-state index contributed by atoms with van der Waals surface area (Å²) in [7, 11) is 1.85. The highest BCUT2D eigenvalue weighted by molar-refractivity contribution is 5.93. The van der Waals surface area contributed by atoms with Crippen LogP contribution < -0.4 is 0 Å². The average Bonchev–Trinajstić information content (AvgIpc) is 3.34. The zero-order valence-electron chi connectivity index (χ0n) is 13.7. The number of nitrogens with zero attached hydrogens (tertiary/aromatic N) is 4. The van der Waals surface area contributed by atoms with E-state index in [0.29, 0.717) is 12.1 Å². The van der Waals surface area contributed by atoms with Gasteiger partial charge in [0.25, 0.3) is 5.91 Å². The molecule has 1 aliphatic rings. The van der Waals surface area contributed by atoms with E-state index in [1.807, 2.05) is 13.2 Å². The standard InChI is InChI=1S/C18H17FN4O2/c1-22-11-12(10-20-22)16-7-4-8-23(16)18(24)15-9-17(25-21-15)13-5-2-3-6-14(13)19/h2-3,5-6,9-11,16H,4,7-8H2,1H3. The lowest BCUT2D eigenvalue weighted by atomic mass is 10.1. The van der Waals surface area contributed by atoms with Crippen LogP contribution in [0.5, 0.6) is 0 Å². The van der Waals surface area contributed by atoms with Crippen molar-refractivity contribution >= 4 is 5.91 Å². The summed E-state index contributed by atoms with van der Waals surface area (Å²) >= 11 is 0. The molecule has 128 valence electrons. The van der Waals surface area contributed by atoms with Gasteiger partial charge in [0, 0.05) is 31.4 Å². The van der Waals surface area contributed by atoms with E-state index in [1.165, 1.54) is 12.1 Å². The molecule has 0 spiro atoms. The van der Waals surface area contributed by atoms with Crippen LogP contribution in [0.15, 0.2) is 47.2 Å². The topological polar surface area (TPSA) is 64.2 Å². The first kappa shape index (κ1) is 15.6. The number of carbonyl (C=O) groups is 1. The summed E-state index contributed by atoms with van der Waals surface area (Å²) in [6, 6.07) is 7.73. The van der Waals surface area contributed by atoms with Gasteiger partial charge in [0.1, 0.15) is 5.82 Å². The highest BCUT2D eigenvalue weighted by atomic mass is 19.1. The minimum atomic E-state index is -0.410. The van der Waals surface area contributed by atoms with Gasteiger partial charge in [0.05, 0.1) is 17.8 Å². The fraction of sp³-hybridized carbons (Fsp3) is 0.278. The van der Waals surface area contributed by atoms with Gasteiger partial charge in [-0.15, -0.1) is 0 Å². The minimum absolute atomic E-state index is 0.0187. The van der Waals surface area contributed by atoms with E-state index < -0.39 is 5.82 Å². The van der Waals surface area contributed by atoms with Crippen molar-refractivity contribution in [2.45, 2.75) is 18.9 Å². The molecule has 1 fully saturated rings. The molecule has 1 aliphatic heterocycles. The number of likely N-dealkylation sites (tertiary alicyclic amines) is 1. The number of aryl methyl sites for hydroxylation is 1. The molecule has 0 bridgehead atoms. The predicted octanol–water partition coefficient (Wildman–Crippen LogP) is 3.19. The van der Waals surface area contributed by atoms with E-state index >= 15 is 0 Å². The molecule has 3 heterocycles. The van der Waals surface area contributed by atoms with E-state index in [2.05, 4.69) is 10.3 Å². The van der Waals surface area contributed by atoms with Crippen molar-refractivity contribution in [2.75, 3.05) is 6.54 Å². The summed E-state index contributed by atoms with van der Waals surface area (Å²) < 4.78 is 20.8. The molecule has 1 aromatic carbocycles. The lowest BCUT2D eigenvalue weighted by Crippen LogP contribution is -2.30. The zero-order valence-corrected chi connectivity index (χ0v) is 13.7. The van der Waals surface area contributed by atoms with Crippen LogP contribution in [-0.4, -0.2) is 32.3 Å². The largest absolute Gasteiger partial charge is 0.355 e. The fourth-order valence-corrected chi connectivity index (χ4v) is 3.28. The SMILES string of the molecule is Cn1cc(C2CCCN2C(=O)c2cc(-c3ccccc3F)on2)cn1. The van der Waals surface area contributed by atoms with E-state index in [0.717, 1.165) is 18.4 Å². The molecule has 0 aliphatic carbocycles. The number of hydrogen-bond donors (Lipinski definition) is 0. The molecule has 1 atom stereocenters. The Labute approximate surface area is 143 Å². The van der Waals surface area contributed by atoms with E-state index in [9.17, 15) is 9.18 Å². The third kappa shape index (κ3) is 2.82. The molecule has 0 saturated carbocycles. The number of hydrogen-bond acceptors (Lipinski definition) is 4. The van der Waals surface area contributed by atoms with Crippen LogP contribution in [0.2, 0.25) is 0 Å². The Morgan fingerprint density at radius 3 is 2.96 bits per heavy atom. The van der Waals surface area contributed by atoms with Crippen molar-refractivity contribution < 1.29 is 13.7 Å². The summed E-state index contributed by atoms with van der Waals surface area (Å²) in [6.07, 6.45) is 5.51. The molecule has 7 heteroatoms. The Bertz CT molecular complexity index is 917. The van der Waals surface area contributed by atoms with Crippen LogP contribution >= 0.6 is 0 Å². The number of halogens is 1. The van der Waals surface area contributed by atoms with Gasteiger partial charge in [-0.25, -0.2) is 4.39 Å². The smallest absolute Gasteiger partial charge is 0.276 e. The molecular formula is C18H17FN4O2. The van der Waals surface area contributed by atoms with Gasteiger partial charge in [-0.1, -0.05) is 17.3 Å². The Morgan fingerprint density at radius 1 is 1.36 bits per heavy atom. The van der Waals surface area contributed by atoms with Gasteiger partial charge < -0.3 is 9.42 Å². The van der Waals surface area contributed by atoms with Crippen LogP contribution in [0.4, 0.5) is 4.39 Å². The third-order valence-electron chi connectivity index (χ3n) is 4.49. The molecule has 0 N–H and O–H groups in total. The van der Waals surface area contributed by atoms with Gasteiger partial charge in [-0.05, 0) is 25.0 Å². The highest BCUT2D eigenvalue weighted by Crippen LogP contribution is 2.33. The predicted molar refractivity (Wildman–Crippen MR) is 88.1 cm³/mol. The number of benzene rings is 1. The molecule has 3 aromatic rings. The summed E-state index contributed by atoms with van der Waals surface area (Å²) in [5.41, 5.74) is 1.49. The Hall–Kier alpha value is -2.96. The van der Waals surface area contributed by atoms with Crippen molar-refractivity contribution in [3.63, 3.8) is 0 Å². The lowest BCUT2D eigenvalue weighted by molar-refractivity contribution is 0.0725. The maximum absolute atomic E-state index is 13.9. The maximum Gasteiger partial charge on any atom is 0.276 e. The van der Waals surface area contributed by atoms with Crippen LogP contribution in [0.3, 0.4) is 0 Å². The van der Waals surface area contributed by atoms with Crippen LogP contribution in [0.25, 0.3) is 11.3 Å². The Kier molecular flexibility index (Phi) is 3.83. The maximum atomic E-state index is 13.9. The van der Waals surface area contributed by atoms with Crippen molar-refractivity contribution in [3.8, 4) is 11.3 Å². The quantitative estimate of drug-likeness (QED) is 0.734. The first-order valence-electron chi connectivity index (χ1n) is 8.14. The summed E-state index contributed by atoms with van der Waals surface area (Å²) in [5.74, 6) is -0.372. The molecule has 1 saturated heterocycles. The number of rotatable bonds is 3. The lowest BCUT2D eigenvalue weighted by Gasteiger charge is -2.22. The van der Waals surface area contributed by atoms with Gasteiger partial charge in [-0.2, -0.15) is 5.10 Å². The molecule has 25 heavy (non-hydrogen) atoms. The summed E-state index contributed by atoms with van der Waals surface area (Å²) in [4.78, 5) is 14.6. The van der Waals surface area contributed by atoms with Gasteiger partial charge in [0.15, 0.2) is 11.5 Å². The summed E-state index contributed by atoms with van der Waals surface area (Å²) in [6.45, 7) is 0.653. The van der Waals surface area contributed by atoms with Gasteiger partial charge >= 0.3 is 0 Å². The van der Waals surface area contributed by atoms with Gasteiger partial charge in [-0.3, -0.25) is 9.48 Å². The van der Waals surface area contributed by atoms with Gasteiger partial charge in [0.2, 0.25) is 0 Å². The van der Waals surface area contributed by atoms with Crippen molar-refractivity contribution in [2.24, 2.45) is 7.05 Å². The van der Waals surface area contributed by atoms with E-state index in [4.69, 9.17) is 4.52 Å². The Balaban J connectivity index is 1.60. The minimum Gasteiger partial charge on any atom is -0.355 e. The van der Waals surface area contributed by atoms with Crippen molar-refractivity contribution in [1.29, 1.82) is 0 Å². The fourth-order valence-electron chi connectivity index (χ4n) is 3.28. The monoisotopic (exact) mass is 340 g/mol. The number of carbonyl (C=O) groups excluding carboxylic acids is 1. The van der Waals surface area contributed by atoms with Crippen LogP contribution in [-0.2, 0) is 7.05 Å². The second-order valence-corrected chi connectivity index (χ2v) is 6.16. The second-order valence-electron chi connectivity index (χ2n) is 6.16. The van der Waals surface area contributed by atoms with E-state index in [-0.39, 0.29) is 23.4 Å².